The van der Waals surface area contributed by atoms with Gasteiger partial charge in [0.25, 0.3) is 0 Å². The number of hydrogen-bond acceptors (Lipinski definition) is 4. The largest absolute Gasteiger partial charge is 0.509 e. The minimum Gasteiger partial charge on any atom is -0.509 e. The lowest BCUT2D eigenvalue weighted by Gasteiger charge is -2.26. The number of fused-ring (bicyclic) bond motifs is 1. The first-order chi connectivity index (χ1) is 12.2. The van der Waals surface area contributed by atoms with Crippen molar-refractivity contribution in [3.05, 3.63) is 70.9 Å². The van der Waals surface area contributed by atoms with Gasteiger partial charge in [-0.1, -0.05) is 49.4 Å². The molecule has 4 nitrogen and oxygen atoms in total. The van der Waals surface area contributed by atoms with E-state index in [9.17, 15) is 5.11 Å². The van der Waals surface area contributed by atoms with Crippen LogP contribution in [0.5, 0.6) is 0 Å². The van der Waals surface area contributed by atoms with Crippen molar-refractivity contribution in [2.24, 2.45) is 0 Å². The van der Waals surface area contributed by atoms with E-state index in [1.165, 1.54) is 11.3 Å². The number of amidine groups is 1. The van der Waals surface area contributed by atoms with E-state index in [1.807, 2.05) is 59.5 Å². The van der Waals surface area contributed by atoms with Crippen LogP contribution in [0, 0.1) is 5.41 Å². The van der Waals surface area contributed by atoms with E-state index in [4.69, 9.17) is 5.41 Å². The molecule has 0 fully saturated rings. The summed E-state index contributed by atoms with van der Waals surface area (Å²) in [6.07, 6.45) is 0.909. The molecule has 2 aromatic carbocycles. The van der Waals surface area contributed by atoms with Crippen molar-refractivity contribution < 1.29 is 5.11 Å². The van der Waals surface area contributed by atoms with Crippen molar-refractivity contribution in [1.29, 1.82) is 5.41 Å². The number of nitrogens with zero attached hydrogens (tertiary/aromatic N) is 2. The summed E-state index contributed by atoms with van der Waals surface area (Å²) in [7, 11) is 0. The Balaban J connectivity index is 1.85. The number of aliphatic hydroxyl groups is 1. The molecule has 2 heterocycles. The maximum Gasteiger partial charge on any atom is 0.135 e. The molecule has 0 unspecified atom stereocenters. The maximum absolute atomic E-state index is 11.0. The number of benzene rings is 2. The molecule has 0 bridgehead atoms. The topological polar surface area (TPSA) is 60.2 Å². The van der Waals surface area contributed by atoms with E-state index in [1.54, 1.807) is 0 Å². The fraction of sp³-hybridized carbons (Fsp3) is 0.200. The zero-order valence-electron chi connectivity index (χ0n) is 13.9. The monoisotopic (exact) mass is 349 g/mol. The number of para-hydroxylation sites is 1. The van der Waals surface area contributed by atoms with Crippen molar-refractivity contribution in [1.82, 2.24) is 9.88 Å². The normalized spacial score (nSPS) is 17.7. The van der Waals surface area contributed by atoms with Crippen LogP contribution < -0.4 is 0 Å². The first-order valence-corrected chi connectivity index (χ1v) is 9.22. The molecule has 0 saturated carbocycles. The van der Waals surface area contributed by atoms with E-state index in [0.717, 1.165) is 28.7 Å². The second-order valence-electron chi connectivity index (χ2n) is 6.10. The number of thiazole rings is 1. The van der Waals surface area contributed by atoms with Crippen LogP contribution in [0.3, 0.4) is 0 Å². The minimum absolute atomic E-state index is 0.226. The Morgan fingerprint density at radius 1 is 1.12 bits per heavy atom. The third kappa shape index (κ3) is 2.61. The summed E-state index contributed by atoms with van der Waals surface area (Å²) in [6.45, 7) is 2.80. The quantitative estimate of drug-likeness (QED) is 0.696. The van der Waals surface area contributed by atoms with E-state index in [0.29, 0.717) is 16.4 Å². The predicted molar refractivity (Wildman–Crippen MR) is 103 cm³/mol. The summed E-state index contributed by atoms with van der Waals surface area (Å²) < 4.78 is 1.07. The second kappa shape index (κ2) is 6.33. The van der Waals surface area contributed by atoms with Gasteiger partial charge in [0.1, 0.15) is 22.6 Å². The number of aliphatic hydroxyl groups excluding tert-OH is 1. The molecule has 25 heavy (non-hydrogen) atoms. The van der Waals surface area contributed by atoms with Crippen LogP contribution in [0.2, 0.25) is 0 Å². The van der Waals surface area contributed by atoms with Gasteiger partial charge in [0.15, 0.2) is 0 Å². The van der Waals surface area contributed by atoms with Gasteiger partial charge in [-0.05, 0) is 24.1 Å². The van der Waals surface area contributed by atoms with Crippen LogP contribution in [0.25, 0.3) is 15.8 Å². The van der Waals surface area contributed by atoms with Crippen LogP contribution >= 0.6 is 11.3 Å². The van der Waals surface area contributed by atoms with Gasteiger partial charge in [0.05, 0.1) is 15.8 Å². The van der Waals surface area contributed by atoms with E-state index < -0.39 is 0 Å². The summed E-state index contributed by atoms with van der Waals surface area (Å²) in [6, 6.07) is 17.5. The SMILES string of the molecule is CCCN1C(=N)C(c2nc3ccccc3s2)=C(O)[C@H]1c1ccccc1. The molecule has 3 aromatic rings. The molecule has 0 aliphatic carbocycles. The van der Waals surface area contributed by atoms with Crippen molar-refractivity contribution in [2.45, 2.75) is 19.4 Å². The van der Waals surface area contributed by atoms with E-state index >= 15 is 0 Å². The van der Waals surface area contributed by atoms with Gasteiger partial charge in [-0.2, -0.15) is 0 Å². The van der Waals surface area contributed by atoms with Crippen LogP contribution in [-0.4, -0.2) is 27.4 Å². The summed E-state index contributed by atoms with van der Waals surface area (Å²) in [5.74, 6) is 0.580. The van der Waals surface area contributed by atoms with Gasteiger partial charge < -0.3 is 10.0 Å². The molecule has 126 valence electrons. The first-order valence-electron chi connectivity index (χ1n) is 8.40. The fourth-order valence-corrected chi connectivity index (χ4v) is 4.34. The number of aromatic nitrogens is 1. The number of rotatable bonds is 4. The molecule has 0 spiro atoms. The molecule has 1 aliphatic rings. The lowest BCUT2D eigenvalue weighted by molar-refractivity contribution is 0.275. The number of hydrogen-bond donors (Lipinski definition) is 2. The van der Waals surface area contributed by atoms with Gasteiger partial charge in [0, 0.05) is 6.54 Å². The van der Waals surface area contributed by atoms with Gasteiger partial charge >= 0.3 is 0 Å². The fourth-order valence-electron chi connectivity index (χ4n) is 3.32. The third-order valence-corrected chi connectivity index (χ3v) is 5.49. The Morgan fingerprint density at radius 3 is 2.56 bits per heavy atom. The maximum atomic E-state index is 11.0. The smallest absolute Gasteiger partial charge is 0.135 e. The van der Waals surface area contributed by atoms with Gasteiger partial charge in [-0.3, -0.25) is 5.41 Å². The van der Waals surface area contributed by atoms with Gasteiger partial charge in [0.2, 0.25) is 0 Å². The molecule has 0 amide bonds. The van der Waals surface area contributed by atoms with E-state index in [2.05, 4.69) is 11.9 Å². The van der Waals surface area contributed by atoms with Crippen LogP contribution in [0.1, 0.15) is 30.0 Å². The Kier molecular flexibility index (Phi) is 4.01. The molecular formula is C20H19N3OS. The highest BCUT2D eigenvalue weighted by Gasteiger charge is 2.39. The Morgan fingerprint density at radius 2 is 1.84 bits per heavy atom. The molecule has 1 aliphatic heterocycles. The molecule has 1 atom stereocenters. The Bertz CT molecular complexity index is 928. The predicted octanol–water partition coefficient (Wildman–Crippen LogP) is 5.01. The molecule has 0 radical (unpaired) electrons. The molecule has 1 aromatic heterocycles. The third-order valence-electron chi connectivity index (χ3n) is 4.44. The molecule has 4 rings (SSSR count). The highest BCUT2D eigenvalue weighted by molar-refractivity contribution is 7.19. The zero-order valence-corrected chi connectivity index (χ0v) is 14.8. The summed E-state index contributed by atoms with van der Waals surface area (Å²) in [4.78, 5) is 6.62. The Hall–Kier alpha value is -2.66. The number of nitrogens with one attached hydrogen (secondary N) is 1. The zero-order chi connectivity index (χ0) is 17.4. The average Bonchev–Trinajstić information content (AvgIpc) is 3.15. The average molecular weight is 349 g/mol. The van der Waals surface area contributed by atoms with Crippen molar-refractivity contribution in [3.8, 4) is 0 Å². The standard InChI is InChI=1S/C20H19N3OS/c1-2-12-23-17(13-8-4-3-5-9-13)18(24)16(19(23)21)20-22-14-10-6-7-11-15(14)25-20/h3-11,17,21,24H,2,12H2,1H3/t17-/m1/s1. The summed E-state index contributed by atoms with van der Waals surface area (Å²) in [5.41, 5.74) is 2.46. The van der Waals surface area contributed by atoms with Gasteiger partial charge in [-0.15, -0.1) is 11.3 Å². The molecule has 0 saturated heterocycles. The summed E-state index contributed by atoms with van der Waals surface area (Å²) >= 11 is 1.52. The van der Waals surface area contributed by atoms with Crippen LogP contribution in [-0.2, 0) is 0 Å². The van der Waals surface area contributed by atoms with Crippen molar-refractivity contribution in [3.63, 3.8) is 0 Å². The Labute approximate surface area is 150 Å². The highest BCUT2D eigenvalue weighted by atomic mass is 32.1. The van der Waals surface area contributed by atoms with Crippen molar-refractivity contribution in [2.75, 3.05) is 6.54 Å². The highest BCUT2D eigenvalue weighted by Crippen LogP contribution is 2.42. The van der Waals surface area contributed by atoms with E-state index in [-0.39, 0.29) is 11.8 Å². The lowest BCUT2D eigenvalue weighted by atomic mass is 10.0. The van der Waals surface area contributed by atoms with Crippen LogP contribution in [0.15, 0.2) is 60.4 Å². The van der Waals surface area contributed by atoms with Crippen molar-refractivity contribution >= 4 is 33.0 Å². The molecule has 5 heteroatoms. The first kappa shape index (κ1) is 15.8. The lowest BCUT2D eigenvalue weighted by Crippen LogP contribution is -2.30. The second-order valence-corrected chi connectivity index (χ2v) is 7.13. The van der Waals surface area contributed by atoms with Crippen LogP contribution in [0.4, 0.5) is 0 Å². The summed E-state index contributed by atoms with van der Waals surface area (Å²) in [5, 5.41) is 20.4. The minimum atomic E-state index is -0.310. The molecular weight excluding hydrogens is 330 g/mol. The molecule has 2 N–H and O–H groups in total. The van der Waals surface area contributed by atoms with Gasteiger partial charge in [-0.25, -0.2) is 4.98 Å².